The third-order valence-corrected chi connectivity index (χ3v) is 5.76. The van der Waals surface area contributed by atoms with Crippen LogP contribution in [0.3, 0.4) is 0 Å². The topological polar surface area (TPSA) is 108 Å². The lowest BCUT2D eigenvalue weighted by atomic mass is 10.1. The molecule has 0 saturated heterocycles. The quantitative estimate of drug-likeness (QED) is 0.480. The molecule has 174 valence electrons. The first-order chi connectivity index (χ1) is 15.5. The lowest BCUT2D eigenvalue weighted by molar-refractivity contribution is 0.00744. The SMILES string of the molecule is CCOC(=O)c1c(NC(=O)c2c(-c3ccccc3)noc2C)sc(C(=O)OC(C)(C)C)c1C. The van der Waals surface area contributed by atoms with Crippen LogP contribution in [0, 0.1) is 13.8 Å². The zero-order valence-corrected chi connectivity index (χ0v) is 20.2. The number of aromatic nitrogens is 1. The number of carbonyl (C=O) groups is 3. The summed E-state index contributed by atoms with van der Waals surface area (Å²) in [5.74, 6) is -1.41. The van der Waals surface area contributed by atoms with E-state index in [1.165, 1.54) is 0 Å². The molecule has 2 heterocycles. The van der Waals surface area contributed by atoms with Crippen LogP contribution in [0.5, 0.6) is 0 Å². The van der Waals surface area contributed by atoms with Gasteiger partial charge in [-0.2, -0.15) is 0 Å². The van der Waals surface area contributed by atoms with Crippen molar-refractivity contribution < 1.29 is 28.4 Å². The molecule has 0 radical (unpaired) electrons. The number of anilines is 1. The second-order valence-corrected chi connectivity index (χ2v) is 9.29. The summed E-state index contributed by atoms with van der Waals surface area (Å²) < 4.78 is 15.9. The van der Waals surface area contributed by atoms with Gasteiger partial charge in [-0.3, -0.25) is 4.79 Å². The summed E-state index contributed by atoms with van der Waals surface area (Å²) >= 11 is 0.964. The van der Waals surface area contributed by atoms with Crippen LogP contribution in [0.2, 0.25) is 0 Å². The van der Waals surface area contributed by atoms with Crippen LogP contribution < -0.4 is 5.32 Å². The Bertz CT molecular complexity index is 1190. The van der Waals surface area contributed by atoms with E-state index < -0.39 is 23.4 Å². The van der Waals surface area contributed by atoms with Crippen LogP contribution in [0.25, 0.3) is 11.3 Å². The molecule has 3 rings (SSSR count). The number of carbonyl (C=O) groups excluding carboxylic acids is 3. The Kier molecular flexibility index (Phi) is 7.02. The molecule has 3 aromatic rings. The maximum absolute atomic E-state index is 13.3. The summed E-state index contributed by atoms with van der Waals surface area (Å²) in [4.78, 5) is 38.9. The van der Waals surface area contributed by atoms with Crippen LogP contribution in [0.15, 0.2) is 34.9 Å². The molecule has 0 aliphatic carbocycles. The van der Waals surface area contributed by atoms with Crippen molar-refractivity contribution in [1.29, 1.82) is 0 Å². The van der Waals surface area contributed by atoms with E-state index in [0.29, 0.717) is 22.6 Å². The first-order valence-electron chi connectivity index (χ1n) is 10.4. The highest BCUT2D eigenvalue weighted by Gasteiger charge is 2.31. The summed E-state index contributed by atoms with van der Waals surface area (Å²) in [5.41, 5.74) is 1.11. The highest BCUT2D eigenvalue weighted by molar-refractivity contribution is 7.18. The highest BCUT2D eigenvalue weighted by atomic mass is 32.1. The number of rotatable bonds is 6. The van der Waals surface area contributed by atoms with E-state index in [9.17, 15) is 14.4 Å². The number of benzene rings is 1. The van der Waals surface area contributed by atoms with Crippen molar-refractivity contribution in [3.8, 4) is 11.3 Å². The monoisotopic (exact) mass is 470 g/mol. The number of aryl methyl sites for hydroxylation is 1. The summed E-state index contributed by atoms with van der Waals surface area (Å²) in [6.45, 7) is 10.3. The van der Waals surface area contributed by atoms with E-state index in [4.69, 9.17) is 14.0 Å². The maximum atomic E-state index is 13.3. The second-order valence-electron chi connectivity index (χ2n) is 8.27. The lowest BCUT2D eigenvalue weighted by Gasteiger charge is -2.19. The van der Waals surface area contributed by atoms with E-state index in [-0.39, 0.29) is 27.6 Å². The van der Waals surface area contributed by atoms with Crippen molar-refractivity contribution in [3.63, 3.8) is 0 Å². The minimum absolute atomic E-state index is 0.117. The van der Waals surface area contributed by atoms with Crippen LogP contribution in [-0.2, 0) is 9.47 Å². The number of nitrogens with one attached hydrogen (secondary N) is 1. The molecule has 1 aromatic carbocycles. The number of esters is 2. The van der Waals surface area contributed by atoms with Crippen molar-refractivity contribution in [2.24, 2.45) is 0 Å². The molecule has 0 spiro atoms. The number of hydrogen-bond donors (Lipinski definition) is 1. The van der Waals surface area contributed by atoms with Gasteiger partial charge in [0.1, 0.15) is 32.5 Å². The van der Waals surface area contributed by atoms with Gasteiger partial charge in [0.2, 0.25) is 0 Å². The van der Waals surface area contributed by atoms with Gasteiger partial charge in [-0.25, -0.2) is 9.59 Å². The highest BCUT2D eigenvalue weighted by Crippen LogP contribution is 2.36. The third kappa shape index (κ3) is 5.31. The molecular weight excluding hydrogens is 444 g/mol. The Balaban J connectivity index is 2.02. The first kappa shape index (κ1) is 24.2. The van der Waals surface area contributed by atoms with Gasteiger partial charge >= 0.3 is 11.9 Å². The Labute approximate surface area is 195 Å². The Hall–Kier alpha value is -3.46. The standard InChI is InChI=1S/C24H26N2O6S/c1-7-30-22(28)16-13(2)19(23(29)31-24(4,5)6)33-21(16)25-20(27)17-14(3)32-26-18(17)15-11-9-8-10-12-15/h8-12H,7H2,1-6H3,(H,25,27). The zero-order valence-electron chi connectivity index (χ0n) is 19.4. The first-order valence-corrected chi connectivity index (χ1v) is 11.2. The second kappa shape index (κ2) is 9.58. The van der Waals surface area contributed by atoms with E-state index in [2.05, 4.69) is 10.5 Å². The van der Waals surface area contributed by atoms with Crippen LogP contribution in [0.1, 0.15) is 69.4 Å². The van der Waals surface area contributed by atoms with Crippen molar-refractivity contribution in [2.45, 2.75) is 47.1 Å². The zero-order chi connectivity index (χ0) is 24.3. The van der Waals surface area contributed by atoms with Gasteiger partial charge in [-0.15, -0.1) is 11.3 Å². The summed E-state index contributed by atoms with van der Waals surface area (Å²) in [6, 6.07) is 9.14. The number of ether oxygens (including phenoxy) is 2. The number of amides is 1. The Morgan fingerprint density at radius 1 is 1.06 bits per heavy atom. The van der Waals surface area contributed by atoms with Gasteiger partial charge in [0.05, 0.1) is 12.2 Å². The number of nitrogens with zero attached hydrogens (tertiary/aromatic N) is 1. The lowest BCUT2D eigenvalue weighted by Crippen LogP contribution is -2.23. The minimum atomic E-state index is -0.717. The van der Waals surface area contributed by atoms with E-state index in [1.54, 1.807) is 41.5 Å². The smallest absolute Gasteiger partial charge is 0.349 e. The van der Waals surface area contributed by atoms with Crippen molar-refractivity contribution >= 4 is 34.2 Å². The van der Waals surface area contributed by atoms with Gasteiger partial charge in [-0.1, -0.05) is 35.5 Å². The van der Waals surface area contributed by atoms with Crippen LogP contribution in [-0.4, -0.2) is 35.2 Å². The molecule has 1 N–H and O–H groups in total. The average Bonchev–Trinajstić information content (AvgIpc) is 3.27. The molecule has 0 saturated carbocycles. The summed E-state index contributed by atoms with van der Waals surface area (Å²) in [7, 11) is 0. The molecule has 0 aliphatic heterocycles. The maximum Gasteiger partial charge on any atom is 0.349 e. The van der Waals surface area contributed by atoms with Crippen molar-refractivity contribution in [3.05, 3.63) is 57.7 Å². The average molecular weight is 471 g/mol. The third-order valence-electron chi connectivity index (χ3n) is 4.57. The number of hydrogen-bond acceptors (Lipinski definition) is 8. The molecule has 0 atom stereocenters. The molecule has 8 nitrogen and oxygen atoms in total. The van der Waals surface area contributed by atoms with Gasteiger partial charge in [-0.05, 0) is 47.1 Å². The molecule has 1 amide bonds. The predicted molar refractivity (Wildman–Crippen MR) is 125 cm³/mol. The van der Waals surface area contributed by atoms with Gasteiger partial charge in [0.15, 0.2) is 0 Å². The molecule has 0 fully saturated rings. The molecule has 0 aliphatic rings. The van der Waals surface area contributed by atoms with Crippen LogP contribution >= 0.6 is 11.3 Å². The Morgan fingerprint density at radius 3 is 2.33 bits per heavy atom. The fraction of sp³-hybridized carbons (Fsp3) is 0.333. The number of thiophene rings is 1. The molecule has 2 aromatic heterocycles. The van der Waals surface area contributed by atoms with Crippen molar-refractivity contribution in [1.82, 2.24) is 5.16 Å². The van der Waals surface area contributed by atoms with E-state index in [1.807, 2.05) is 30.3 Å². The van der Waals surface area contributed by atoms with E-state index in [0.717, 1.165) is 11.3 Å². The van der Waals surface area contributed by atoms with Crippen molar-refractivity contribution in [2.75, 3.05) is 11.9 Å². The molecule has 0 bridgehead atoms. The van der Waals surface area contributed by atoms with E-state index >= 15 is 0 Å². The summed E-state index contributed by atoms with van der Waals surface area (Å²) in [5, 5.41) is 6.97. The molecule has 33 heavy (non-hydrogen) atoms. The van der Waals surface area contributed by atoms with Gasteiger partial charge in [0.25, 0.3) is 5.91 Å². The fourth-order valence-electron chi connectivity index (χ4n) is 3.17. The predicted octanol–water partition coefficient (Wildman–Crippen LogP) is 5.40. The normalized spacial score (nSPS) is 11.2. The summed E-state index contributed by atoms with van der Waals surface area (Å²) in [6.07, 6.45) is 0. The Morgan fingerprint density at radius 2 is 1.73 bits per heavy atom. The molecule has 9 heteroatoms. The fourth-order valence-corrected chi connectivity index (χ4v) is 4.23. The van der Waals surface area contributed by atoms with Crippen LogP contribution in [0.4, 0.5) is 5.00 Å². The minimum Gasteiger partial charge on any atom is -0.462 e. The van der Waals surface area contributed by atoms with Gasteiger partial charge in [0, 0.05) is 5.56 Å². The largest absolute Gasteiger partial charge is 0.462 e. The van der Waals surface area contributed by atoms with Gasteiger partial charge < -0.3 is 19.3 Å². The molecule has 0 unspecified atom stereocenters. The molecular formula is C24H26N2O6S.